The van der Waals surface area contributed by atoms with E-state index in [1.165, 1.54) is 6.20 Å². The first-order valence-corrected chi connectivity index (χ1v) is 7.25. The molecule has 2 N–H and O–H groups in total. The molecule has 23 heavy (non-hydrogen) atoms. The number of hydrogen-bond acceptors (Lipinski definition) is 5. The van der Waals surface area contributed by atoms with Gasteiger partial charge in [0.2, 0.25) is 11.3 Å². The van der Waals surface area contributed by atoms with Gasteiger partial charge in [0, 0.05) is 23.2 Å². The van der Waals surface area contributed by atoms with Crippen LogP contribution in [0.1, 0.15) is 35.3 Å². The zero-order chi connectivity index (χ0) is 16.1. The zero-order valence-electron chi connectivity index (χ0n) is 12.3. The Morgan fingerprint density at radius 1 is 1.43 bits per heavy atom. The number of carboxylic acid groups (broad SMARTS) is 1. The molecular formula is C15H13N5O3. The Bertz CT molecular complexity index is 991. The number of nitrogens with zero attached hydrogens (tertiary/aromatic N) is 4. The quantitative estimate of drug-likeness (QED) is 0.739. The first-order chi connectivity index (χ1) is 11.1. The Hall–Kier alpha value is -3.03. The summed E-state index contributed by atoms with van der Waals surface area (Å²) in [6, 6.07) is 3.52. The number of H-pyrrole nitrogens is 1. The number of pyridine rings is 1. The van der Waals surface area contributed by atoms with Crippen molar-refractivity contribution >= 4 is 16.9 Å². The van der Waals surface area contributed by atoms with Crippen molar-refractivity contribution < 1.29 is 9.90 Å². The van der Waals surface area contributed by atoms with Gasteiger partial charge in [-0.15, -0.1) is 10.2 Å². The minimum absolute atomic E-state index is 0.115. The summed E-state index contributed by atoms with van der Waals surface area (Å²) in [5.74, 6) is -0.736. The summed E-state index contributed by atoms with van der Waals surface area (Å²) < 4.78 is 1.88. The molecule has 3 aromatic rings. The molecule has 0 aliphatic carbocycles. The lowest BCUT2D eigenvalue weighted by atomic mass is 9.92. The van der Waals surface area contributed by atoms with E-state index in [1.54, 1.807) is 12.1 Å². The van der Waals surface area contributed by atoms with E-state index in [0.717, 1.165) is 29.5 Å². The van der Waals surface area contributed by atoms with Crippen LogP contribution in [0.15, 0.2) is 23.1 Å². The van der Waals surface area contributed by atoms with Crippen LogP contribution in [0.4, 0.5) is 0 Å². The number of carboxylic acids is 1. The summed E-state index contributed by atoms with van der Waals surface area (Å²) >= 11 is 0. The number of tetrazole rings is 1. The van der Waals surface area contributed by atoms with E-state index in [2.05, 4.69) is 20.6 Å². The van der Waals surface area contributed by atoms with Crippen molar-refractivity contribution in [2.75, 3.05) is 0 Å². The SMILES string of the molecule is CC1CCc2c(-c3nn[nH]n3)ccc3c(=O)c(C(=O)O)cn1c23. The smallest absolute Gasteiger partial charge is 0.341 e. The summed E-state index contributed by atoms with van der Waals surface area (Å²) in [5.41, 5.74) is 1.87. The van der Waals surface area contributed by atoms with Crippen LogP contribution in [-0.4, -0.2) is 36.3 Å². The molecule has 116 valence electrons. The maximum absolute atomic E-state index is 12.5. The van der Waals surface area contributed by atoms with Crippen LogP contribution >= 0.6 is 0 Å². The molecule has 8 heteroatoms. The summed E-state index contributed by atoms with van der Waals surface area (Å²) in [7, 11) is 0. The maximum atomic E-state index is 12.5. The van der Waals surface area contributed by atoms with Crippen LogP contribution in [0.5, 0.6) is 0 Å². The highest BCUT2D eigenvalue weighted by Gasteiger charge is 2.25. The third-order valence-corrected chi connectivity index (χ3v) is 4.40. The largest absolute Gasteiger partial charge is 0.477 e. The minimum Gasteiger partial charge on any atom is -0.477 e. The average molecular weight is 311 g/mol. The third kappa shape index (κ3) is 1.88. The number of rotatable bonds is 2. The van der Waals surface area contributed by atoms with Gasteiger partial charge in [0.1, 0.15) is 5.56 Å². The number of aromatic carboxylic acids is 1. The Balaban J connectivity index is 2.14. The molecule has 1 unspecified atom stereocenters. The van der Waals surface area contributed by atoms with E-state index in [-0.39, 0.29) is 11.6 Å². The predicted molar refractivity (Wildman–Crippen MR) is 81.4 cm³/mol. The van der Waals surface area contributed by atoms with Gasteiger partial charge in [-0.3, -0.25) is 4.79 Å². The molecule has 0 amide bonds. The van der Waals surface area contributed by atoms with Crippen LogP contribution in [0.25, 0.3) is 22.3 Å². The van der Waals surface area contributed by atoms with Crippen LogP contribution in [0.3, 0.4) is 0 Å². The van der Waals surface area contributed by atoms with E-state index < -0.39 is 11.4 Å². The lowest BCUT2D eigenvalue weighted by Gasteiger charge is -2.27. The molecule has 2 aromatic heterocycles. The maximum Gasteiger partial charge on any atom is 0.341 e. The van der Waals surface area contributed by atoms with Crippen molar-refractivity contribution in [3.8, 4) is 11.4 Å². The summed E-state index contributed by atoms with van der Waals surface area (Å²) in [6.45, 7) is 2.01. The Labute approximate surface area is 129 Å². The molecule has 0 spiro atoms. The Kier molecular flexibility index (Phi) is 2.80. The van der Waals surface area contributed by atoms with Crippen LogP contribution in [0, 0.1) is 0 Å². The number of aromatic amines is 1. The van der Waals surface area contributed by atoms with Crippen molar-refractivity contribution in [2.45, 2.75) is 25.8 Å². The van der Waals surface area contributed by atoms with Gasteiger partial charge < -0.3 is 9.67 Å². The highest BCUT2D eigenvalue weighted by molar-refractivity contribution is 5.95. The number of benzene rings is 1. The Morgan fingerprint density at radius 3 is 2.96 bits per heavy atom. The molecule has 0 saturated heterocycles. The fraction of sp³-hybridized carbons (Fsp3) is 0.267. The fourth-order valence-electron chi connectivity index (χ4n) is 3.25. The van der Waals surface area contributed by atoms with E-state index in [1.807, 2.05) is 11.5 Å². The molecule has 1 aliphatic heterocycles. The van der Waals surface area contributed by atoms with Crippen LogP contribution in [0.2, 0.25) is 0 Å². The first kappa shape index (κ1) is 13.6. The fourth-order valence-corrected chi connectivity index (χ4v) is 3.25. The average Bonchev–Trinajstić information content (AvgIpc) is 3.06. The second kappa shape index (κ2) is 4.73. The second-order valence-corrected chi connectivity index (χ2v) is 5.70. The van der Waals surface area contributed by atoms with Gasteiger partial charge in [-0.05, 0) is 42.7 Å². The van der Waals surface area contributed by atoms with Gasteiger partial charge in [0.25, 0.3) is 0 Å². The van der Waals surface area contributed by atoms with Gasteiger partial charge in [-0.1, -0.05) is 0 Å². The molecule has 0 radical (unpaired) electrons. The second-order valence-electron chi connectivity index (χ2n) is 5.70. The monoisotopic (exact) mass is 311 g/mol. The molecule has 1 atom stereocenters. The van der Waals surface area contributed by atoms with Crippen LogP contribution in [-0.2, 0) is 6.42 Å². The Morgan fingerprint density at radius 2 is 2.26 bits per heavy atom. The molecule has 8 nitrogen and oxygen atoms in total. The van der Waals surface area contributed by atoms with Crippen molar-refractivity contribution in [3.63, 3.8) is 0 Å². The summed E-state index contributed by atoms with van der Waals surface area (Å²) in [5, 5.41) is 23.7. The van der Waals surface area contributed by atoms with Gasteiger partial charge in [0.05, 0.1) is 5.52 Å². The first-order valence-electron chi connectivity index (χ1n) is 7.25. The van der Waals surface area contributed by atoms with E-state index in [4.69, 9.17) is 0 Å². The van der Waals surface area contributed by atoms with Crippen molar-refractivity contribution in [2.24, 2.45) is 0 Å². The highest BCUT2D eigenvalue weighted by Crippen LogP contribution is 2.35. The van der Waals surface area contributed by atoms with Crippen LogP contribution < -0.4 is 5.43 Å². The molecule has 1 aliphatic rings. The number of aromatic nitrogens is 5. The van der Waals surface area contributed by atoms with E-state index in [0.29, 0.717) is 11.2 Å². The topological polar surface area (TPSA) is 114 Å². The minimum atomic E-state index is -1.21. The van der Waals surface area contributed by atoms with Gasteiger partial charge in [0.15, 0.2) is 0 Å². The van der Waals surface area contributed by atoms with Gasteiger partial charge in [-0.2, -0.15) is 5.21 Å². The predicted octanol–water partition coefficient (Wildman–Crippen LogP) is 1.39. The van der Waals surface area contributed by atoms with Gasteiger partial charge in [-0.25, -0.2) is 4.79 Å². The summed E-state index contributed by atoms with van der Waals surface area (Å²) in [6.07, 6.45) is 3.06. The normalized spacial score (nSPS) is 16.7. The third-order valence-electron chi connectivity index (χ3n) is 4.40. The molecule has 1 aromatic carbocycles. The molecule has 0 bridgehead atoms. The number of hydrogen-bond donors (Lipinski definition) is 2. The standard InChI is InChI=1S/C15H13N5O3/c1-7-2-3-8-9(14-16-18-19-17-14)4-5-10-12(8)20(7)6-11(13(10)21)15(22)23/h4-7H,2-3H2,1H3,(H,22,23)(H,16,17,18,19). The van der Waals surface area contributed by atoms with E-state index in [9.17, 15) is 14.7 Å². The summed E-state index contributed by atoms with van der Waals surface area (Å²) in [4.78, 5) is 23.8. The van der Waals surface area contributed by atoms with E-state index >= 15 is 0 Å². The zero-order valence-corrected chi connectivity index (χ0v) is 12.3. The van der Waals surface area contributed by atoms with Crippen molar-refractivity contribution in [3.05, 3.63) is 39.7 Å². The molecule has 0 saturated carbocycles. The lowest BCUT2D eigenvalue weighted by molar-refractivity contribution is 0.0694. The number of carbonyl (C=O) groups is 1. The van der Waals surface area contributed by atoms with Crippen molar-refractivity contribution in [1.82, 2.24) is 25.2 Å². The van der Waals surface area contributed by atoms with Gasteiger partial charge >= 0.3 is 5.97 Å². The molecular weight excluding hydrogens is 298 g/mol. The number of aryl methyl sites for hydroxylation is 1. The highest BCUT2D eigenvalue weighted by atomic mass is 16.4. The number of nitrogens with one attached hydrogen (secondary N) is 1. The molecule has 3 heterocycles. The lowest BCUT2D eigenvalue weighted by Crippen LogP contribution is -2.24. The molecule has 4 rings (SSSR count). The molecule has 0 fully saturated rings. The van der Waals surface area contributed by atoms with Crippen molar-refractivity contribution in [1.29, 1.82) is 0 Å².